The maximum atomic E-state index is 9.90. The van der Waals surface area contributed by atoms with E-state index in [1.54, 1.807) is 21.3 Å². The van der Waals surface area contributed by atoms with Gasteiger partial charge in [0.1, 0.15) is 23.7 Å². The highest BCUT2D eigenvalue weighted by Crippen LogP contribution is 2.39. The number of hydrogen-bond donors (Lipinski definition) is 2. The summed E-state index contributed by atoms with van der Waals surface area (Å²) in [5.41, 5.74) is 3.56. The molecule has 3 aliphatic rings. The summed E-state index contributed by atoms with van der Waals surface area (Å²) in [6.07, 6.45) is 7.32. The van der Waals surface area contributed by atoms with Crippen LogP contribution in [-0.4, -0.2) is 51.2 Å². The first kappa shape index (κ1) is 18.2. The van der Waals surface area contributed by atoms with Gasteiger partial charge in [-0.3, -0.25) is 0 Å². The van der Waals surface area contributed by atoms with Gasteiger partial charge < -0.3 is 24.6 Å². The Morgan fingerprint density at radius 3 is 2.76 bits per heavy atom. The molecule has 0 spiro atoms. The number of methoxy groups -OCH3 is 3. The van der Waals surface area contributed by atoms with Gasteiger partial charge in [-0.2, -0.15) is 0 Å². The lowest BCUT2D eigenvalue weighted by molar-refractivity contribution is 0.0620. The molecule has 0 bridgehead atoms. The van der Waals surface area contributed by atoms with Gasteiger partial charge >= 0.3 is 0 Å². The lowest BCUT2D eigenvalue weighted by Gasteiger charge is -2.38. The zero-order chi connectivity index (χ0) is 18.0. The molecule has 4 atom stereocenters. The maximum Gasteiger partial charge on any atom is 0.139 e. The molecule has 1 heterocycles. The quantitative estimate of drug-likeness (QED) is 0.800. The van der Waals surface area contributed by atoms with E-state index in [1.165, 1.54) is 11.1 Å². The molecule has 5 heteroatoms. The fourth-order valence-corrected chi connectivity index (χ4v) is 4.29. The van der Waals surface area contributed by atoms with Gasteiger partial charge in [0.25, 0.3) is 0 Å². The van der Waals surface area contributed by atoms with E-state index in [0.29, 0.717) is 11.7 Å². The van der Waals surface area contributed by atoms with Gasteiger partial charge in [-0.25, -0.2) is 0 Å². The Morgan fingerprint density at radius 2 is 2.08 bits per heavy atom. The molecule has 0 aromatic carbocycles. The zero-order valence-corrected chi connectivity index (χ0v) is 15.4. The summed E-state index contributed by atoms with van der Waals surface area (Å²) >= 11 is 0. The number of rotatable bonds is 5. The minimum atomic E-state index is -0.215. The molecule has 3 unspecified atom stereocenters. The van der Waals surface area contributed by atoms with Gasteiger partial charge in [-0.15, -0.1) is 0 Å². The van der Waals surface area contributed by atoms with E-state index < -0.39 is 0 Å². The van der Waals surface area contributed by atoms with Crippen molar-refractivity contribution in [2.45, 2.75) is 43.9 Å². The molecule has 3 rings (SSSR count). The van der Waals surface area contributed by atoms with Gasteiger partial charge in [0.15, 0.2) is 0 Å². The Hall–Kier alpha value is -1.56. The van der Waals surface area contributed by atoms with E-state index in [-0.39, 0.29) is 18.2 Å². The van der Waals surface area contributed by atoms with Crippen LogP contribution >= 0.6 is 0 Å². The summed E-state index contributed by atoms with van der Waals surface area (Å²) in [6, 6.07) is 0.250. The lowest BCUT2D eigenvalue weighted by atomic mass is 9.77. The normalized spacial score (nSPS) is 32.8. The monoisotopic (exact) mass is 347 g/mol. The first-order chi connectivity index (χ1) is 12.1. The molecule has 5 nitrogen and oxygen atoms in total. The first-order valence-corrected chi connectivity index (χ1v) is 8.94. The Bertz CT molecular complexity index is 619. The SMILES string of the molecule is C=C1C2=C(C=C(OC)C1OC)CCNC2C[C@H]1CC=C(O)C(OC)C1. The number of nitrogens with one attached hydrogen (secondary N) is 1. The first-order valence-electron chi connectivity index (χ1n) is 8.94. The molecular formula is C20H29NO4. The van der Waals surface area contributed by atoms with Crippen molar-refractivity contribution in [2.24, 2.45) is 5.92 Å². The van der Waals surface area contributed by atoms with Crippen molar-refractivity contribution in [1.82, 2.24) is 5.32 Å². The van der Waals surface area contributed by atoms with Crippen LogP contribution in [0, 0.1) is 5.92 Å². The number of ether oxygens (including phenoxy) is 3. The van der Waals surface area contributed by atoms with Crippen LogP contribution in [0.25, 0.3) is 0 Å². The molecule has 0 aromatic heterocycles. The number of aliphatic hydroxyl groups excluding tert-OH is 1. The number of allylic oxidation sites excluding steroid dienone is 2. The molecule has 25 heavy (non-hydrogen) atoms. The van der Waals surface area contributed by atoms with E-state index in [4.69, 9.17) is 14.2 Å². The highest BCUT2D eigenvalue weighted by molar-refractivity contribution is 5.52. The van der Waals surface area contributed by atoms with Crippen molar-refractivity contribution in [3.8, 4) is 0 Å². The third-order valence-corrected chi connectivity index (χ3v) is 5.58. The number of hydrogen-bond acceptors (Lipinski definition) is 5. The average molecular weight is 347 g/mol. The van der Waals surface area contributed by atoms with Gasteiger partial charge in [0, 0.05) is 20.3 Å². The summed E-state index contributed by atoms with van der Waals surface area (Å²) in [5, 5.41) is 13.6. The molecule has 0 amide bonds. The van der Waals surface area contributed by atoms with E-state index in [2.05, 4.69) is 18.0 Å². The predicted octanol–water partition coefficient (Wildman–Crippen LogP) is 3.02. The van der Waals surface area contributed by atoms with E-state index in [1.807, 2.05) is 6.08 Å². The molecule has 2 N–H and O–H groups in total. The summed E-state index contributed by atoms with van der Waals surface area (Å²) in [6.45, 7) is 5.26. The van der Waals surface area contributed by atoms with E-state index in [9.17, 15) is 5.11 Å². The molecule has 1 aliphatic heterocycles. The second kappa shape index (κ2) is 7.77. The standard InChI is InChI=1S/C20H29NO4/c1-12-19-14(11-18(24-3)20(12)25-4)7-8-21-15(19)9-13-5-6-16(22)17(10-13)23-2/h6,11,13,15,17,20-22H,1,5,7-10H2,2-4H3/t13-,15?,17?,20?/m1/s1. The van der Waals surface area contributed by atoms with Crippen molar-refractivity contribution in [3.05, 3.63) is 47.0 Å². The fraction of sp³-hybridized carbons (Fsp3) is 0.600. The van der Waals surface area contributed by atoms with Crippen molar-refractivity contribution >= 4 is 0 Å². The predicted molar refractivity (Wildman–Crippen MR) is 97.3 cm³/mol. The summed E-state index contributed by atoms with van der Waals surface area (Å²) in [7, 11) is 5.03. The smallest absolute Gasteiger partial charge is 0.139 e. The molecular weight excluding hydrogens is 318 g/mol. The average Bonchev–Trinajstić information content (AvgIpc) is 2.63. The molecule has 0 radical (unpaired) electrons. The van der Waals surface area contributed by atoms with Gasteiger partial charge in [-0.05, 0) is 67.0 Å². The van der Waals surface area contributed by atoms with Crippen molar-refractivity contribution in [3.63, 3.8) is 0 Å². The van der Waals surface area contributed by atoms with Crippen LogP contribution in [0.1, 0.15) is 25.7 Å². The van der Waals surface area contributed by atoms with Gasteiger partial charge in [-0.1, -0.05) is 6.58 Å². The molecule has 0 aromatic rings. The minimum absolute atomic E-state index is 0.183. The van der Waals surface area contributed by atoms with Crippen molar-refractivity contribution < 1.29 is 19.3 Å². The zero-order valence-electron chi connectivity index (χ0n) is 15.4. The Kier molecular flexibility index (Phi) is 5.67. The van der Waals surface area contributed by atoms with E-state index in [0.717, 1.165) is 43.6 Å². The molecule has 0 fully saturated rings. The van der Waals surface area contributed by atoms with Crippen molar-refractivity contribution in [1.29, 1.82) is 0 Å². The van der Waals surface area contributed by atoms with Crippen LogP contribution in [0.15, 0.2) is 47.0 Å². The summed E-state index contributed by atoms with van der Waals surface area (Å²) < 4.78 is 16.5. The largest absolute Gasteiger partial charge is 0.510 e. The highest BCUT2D eigenvalue weighted by Gasteiger charge is 2.35. The second-order valence-corrected chi connectivity index (χ2v) is 7.01. The third-order valence-electron chi connectivity index (χ3n) is 5.58. The van der Waals surface area contributed by atoms with Crippen LogP contribution in [0.4, 0.5) is 0 Å². The van der Waals surface area contributed by atoms with Crippen LogP contribution in [0.5, 0.6) is 0 Å². The maximum absolute atomic E-state index is 9.90. The van der Waals surface area contributed by atoms with Crippen LogP contribution < -0.4 is 5.32 Å². The molecule has 0 saturated carbocycles. The number of aliphatic hydroxyl groups is 1. The third kappa shape index (κ3) is 3.54. The summed E-state index contributed by atoms with van der Waals surface area (Å²) in [4.78, 5) is 0. The van der Waals surface area contributed by atoms with E-state index >= 15 is 0 Å². The Morgan fingerprint density at radius 1 is 1.28 bits per heavy atom. The van der Waals surface area contributed by atoms with Crippen molar-refractivity contribution in [2.75, 3.05) is 27.9 Å². The Balaban J connectivity index is 1.81. The fourth-order valence-electron chi connectivity index (χ4n) is 4.29. The Labute approximate surface area is 150 Å². The van der Waals surface area contributed by atoms with Crippen LogP contribution in [0.3, 0.4) is 0 Å². The van der Waals surface area contributed by atoms with Gasteiger partial charge in [0.2, 0.25) is 0 Å². The topological polar surface area (TPSA) is 60.0 Å². The lowest BCUT2D eigenvalue weighted by Crippen LogP contribution is -2.42. The minimum Gasteiger partial charge on any atom is -0.510 e. The van der Waals surface area contributed by atoms with Crippen LogP contribution in [-0.2, 0) is 14.2 Å². The molecule has 0 saturated heterocycles. The molecule has 138 valence electrons. The van der Waals surface area contributed by atoms with Crippen LogP contribution in [0.2, 0.25) is 0 Å². The van der Waals surface area contributed by atoms with Gasteiger partial charge in [0.05, 0.1) is 7.11 Å². The molecule has 2 aliphatic carbocycles. The highest BCUT2D eigenvalue weighted by atomic mass is 16.5. The summed E-state index contributed by atoms with van der Waals surface area (Å²) in [5.74, 6) is 1.66. The second-order valence-electron chi connectivity index (χ2n) is 7.01.